The maximum atomic E-state index is 13.3. The Kier molecular flexibility index (Phi) is 8.40. The van der Waals surface area contributed by atoms with Gasteiger partial charge in [0.1, 0.15) is 5.82 Å². The average Bonchev–Trinajstić information content (AvgIpc) is 2.81. The van der Waals surface area contributed by atoms with Gasteiger partial charge in [-0.1, -0.05) is 65.1 Å². The zero-order valence-electron chi connectivity index (χ0n) is 24.7. The number of hydrogen-bond donors (Lipinski definition) is 1. The molecule has 1 amide bonds. The molecular formula is C33H44N4O. The predicted octanol–water partition coefficient (Wildman–Crippen LogP) is 7.34. The standard InChI is InChI=1S/C33H44N4O/c1-12-14-22(3)27(13-2)25-15-23(4)28-19-34-30(17-26(28)16-25)35-31(38)18-29-32(6,7)20-37(21-33(29,8)9)24(5)36(10)11/h12-19H,1,5,20-21H2,2-4,6-11H3,(H,34,35,38)/b22-14-,27-13+. The van der Waals surface area contributed by atoms with E-state index in [1.807, 2.05) is 50.3 Å². The molecular weight excluding hydrogens is 468 g/mol. The number of allylic oxidation sites excluding steroid dienone is 5. The number of nitrogens with zero attached hydrogens (tertiary/aromatic N) is 3. The van der Waals surface area contributed by atoms with Gasteiger partial charge in [0.2, 0.25) is 5.91 Å². The van der Waals surface area contributed by atoms with Crippen molar-refractivity contribution in [3.8, 4) is 0 Å². The van der Waals surface area contributed by atoms with Crippen molar-refractivity contribution in [1.82, 2.24) is 14.8 Å². The van der Waals surface area contributed by atoms with Crippen molar-refractivity contribution >= 4 is 28.1 Å². The highest BCUT2D eigenvalue weighted by Crippen LogP contribution is 2.46. The van der Waals surface area contributed by atoms with E-state index in [0.29, 0.717) is 5.82 Å². The molecule has 202 valence electrons. The summed E-state index contributed by atoms with van der Waals surface area (Å²) in [5, 5.41) is 5.14. The van der Waals surface area contributed by atoms with Gasteiger partial charge in [0.25, 0.3) is 0 Å². The molecule has 1 fully saturated rings. The summed E-state index contributed by atoms with van der Waals surface area (Å²) in [7, 11) is 4.03. The number of nitrogens with one attached hydrogen (secondary N) is 1. The highest BCUT2D eigenvalue weighted by molar-refractivity contribution is 6.01. The van der Waals surface area contributed by atoms with Crippen molar-refractivity contribution < 1.29 is 4.79 Å². The zero-order chi connectivity index (χ0) is 28.4. The molecule has 5 nitrogen and oxygen atoms in total. The summed E-state index contributed by atoms with van der Waals surface area (Å²) in [6.07, 6.45) is 9.58. The van der Waals surface area contributed by atoms with E-state index in [9.17, 15) is 4.79 Å². The smallest absolute Gasteiger partial charge is 0.249 e. The Labute approximate surface area is 229 Å². The van der Waals surface area contributed by atoms with Gasteiger partial charge < -0.3 is 15.1 Å². The predicted molar refractivity (Wildman–Crippen MR) is 163 cm³/mol. The highest BCUT2D eigenvalue weighted by Gasteiger charge is 2.43. The number of amides is 1. The van der Waals surface area contributed by atoms with E-state index in [0.717, 1.165) is 57.5 Å². The molecule has 0 atom stereocenters. The minimum Gasteiger partial charge on any atom is -0.365 e. The van der Waals surface area contributed by atoms with E-state index >= 15 is 0 Å². The monoisotopic (exact) mass is 512 g/mol. The van der Waals surface area contributed by atoms with Gasteiger partial charge in [-0.05, 0) is 66.1 Å². The van der Waals surface area contributed by atoms with Gasteiger partial charge >= 0.3 is 0 Å². The van der Waals surface area contributed by atoms with Gasteiger partial charge in [-0.2, -0.15) is 0 Å². The first-order valence-corrected chi connectivity index (χ1v) is 13.2. The molecule has 0 bridgehead atoms. The van der Waals surface area contributed by atoms with Crippen LogP contribution in [0, 0.1) is 17.8 Å². The Morgan fingerprint density at radius 1 is 1.13 bits per heavy atom. The molecule has 1 aliphatic heterocycles. The lowest BCUT2D eigenvalue weighted by Crippen LogP contribution is -2.51. The summed E-state index contributed by atoms with van der Waals surface area (Å²) in [5.41, 5.74) is 5.34. The molecule has 1 N–H and O–H groups in total. The van der Waals surface area contributed by atoms with E-state index in [1.165, 1.54) is 0 Å². The van der Waals surface area contributed by atoms with Gasteiger partial charge in [-0.25, -0.2) is 4.98 Å². The summed E-state index contributed by atoms with van der Waals surface area (Å²) in [6.45, 7) is 24.7. The first kappa shape index (κ1) is 29.0. The normalized spacial score (nSPS) is 17.3. The summed E-state index contributed by atoms with van der Waals surface area (Å²) in [6, 6.07) is 6.30. The van der Waals surface area contributed by atoms with Gasteiger partial charge in [0.15, 0.2) is 0 Å². The summed E-state index contributed by atoms with van der Waals surface area (Å²) < 4.78 is 0. The second-order valence-electron chi connectivity index (χ2n) is 11.9. The number of benzene rings is 1. The Balaban J connectivity index is 1.92. The fourth-order valence-corrected chi connectivity index (χ4v) is 5.80. The molecule has 1 aliphatic rings. The summed E-state index contributed by atoms with van der Waals surface area (Å²) >= 11 is 0. The van der Waals surface area contributed by atoms with Crippen LogP contribution in [0.3, 0.4) is 0 Å². The van der Waals surface area contributed by atoms with Crippen LogP contribution in [0.1, 0.15) is 52.7 Å². The van der Waals surface area contributed by atoms with Crippen molar-refractivity contribution in [2.75, 3.05) is 32.5 Å². The van der Waals surface area contributed by atoms with Gasteiger partial charge in [0.05, 0.1) is 5.82 Å². The molecule has 3 rings (SSSR count). The second kappa shape index (κ2) is 11.0. The van der Waals surface area contributed by atoms with Crippen LogP contribution in [0.5, 0.6) is 0 Å². The van der Waals surface area contributed by atoms with Crippen molar-refractivity contribution in [2.24, 2.45) is 10.8 Å². The van der Waals surface area contributed by atoms with Crippen molar-refractivity contribution in [1.29, 1.82) is 0 Å². The van der Waals surface area contributed by atoms with Crippen LogP contribution in [-0.2, 0) is 4.79 Å². The maximum Gasteiger partial charge on any atom is 0.249 e. The molecule has 1 aromatic heterocycles. The molecule has 0 unspecified atom stereocenters. The number of carbonyl (C=O) groups is 1. The number of likely N-dealkylation sites (tertiary alicyclic amines) is 1. The number of aromatic nitrogens is 1. The Hall–Kier alpha value is -3.60. The number of piperidine rings is 1. The number of anilines is 1. The van der Waals surface area contributed by atoms with Crippen molar-refractivity contribution in [2.45, 2.75) is 48.5 Å². The van der Waals surface area contributed by atoms with Crippen molar-refractivity contribution in [3.63, 3.8) is 0 Å². The number of rotatable bonds is 7. The SMILES string of the molecule is C=C/C=C(C)\C(=C/C)c1cc(C)c2cnc(NC(=O)C=C3C(C)(C)CN(C(=C)N(C)C)CC3(C)C)cc2c1. The van der Waals surface area contributed by atoms with E-state index in [1.54, 1.807) is 6.08 Å². The van der Waals surface area contributed by atoms with E-state index in [-0.39, 0.29) is 16.7 Å². The maximum absolute atomic E-state index is 13.3. The van der Waals surface area contributed by atoms with Crippen LogP contribution in [0.2, 0.25) is 0 Å². The van der Waals surface area contributed by atoms with Crippen LogP contribution in [0.25, 0.3) is 16.3 Å². The van der Waals surface area contributed by atoms with Crippen LogP contribution >= 0.6 is 0 Å². The highest BCUT2D eigenvalue weighted by atomic mass is 16.1. The van der Waals surface area contributed by atoms with Crippen LogP contribution in [0.4, 0.5) is 5.82 Å². The Bertz CT molecular complexity index is 1330. The zero-order valence-corrected chi connectivity index (χ0v) is 24.7. The van der Waals surface area contributed by atoms with E-state index in [2.05, 4.69) is 88.1 Å². The van der Waals surface area contributed by atoms with Crippen LogP contribution in [0.15, 0.2) is 78.8 Å². The molecule has 1 aromatic carbocycles. The van der Waals surface area contributed by atoms with Crippen LogP contribution in [-0.4, -0.2) is 47.9 Å². The first-order valence-electron chi connectivity index (χ1n) is 13.2. The third kappa shape index (κ3) is 6.09. The summed E-state index contributed by atoms with van der Waals surface area (Å²) in [4.78, 5) is 22.2. The lowest BCUT2D eigenvalue weighted by atomic mass is 9.66. The third-order valence-corrected chi connectivity index (χ3v) is 7.47. The minimum atomic E-state index is -0.194. The fraction of sp³-hybridized carbons (Fsp3) is 0.394. The quantitative estimate of drug-likeness (QED) is 0.311. The Morgan fingerprint density at radius 2 is 1.76 bits per heavy atom. The number of fused-ring (bicyclic) bond motifs is 1. The number of aryl methyl sites for hydroxylation is 1. The molecule has 0 spiro atoms. The molecule has 5 heteroatoms. The molecule has 2 heterocycles. The molecule has 0 saturated carbocycles. The number of carbonyl (C=O) groups excluding carboxylic acids is 1. The van der Waals surface area contributed by atoms with Gasteiger partial charge in [0, 0.05) is 55.7 Å². The molecule has 0 radical (unpaired) electrons. The van der Waals surface area contributed by atoms with Gasteiger partial charge in [-0.3, -0.25) is 4.79 Å². The van der Waals surface area contributed by atoms with Crippen LogP contribution < -0.4 is 5.32 Å². The number of pyridine rings is 1. The van der Waals surface area contributed by atoms with E-state index < -0.39 is 0 Å². The first-order chi connectivity index (χ1) is 17.7. The van der Waals surface area contributed by atoms with E-state index in [4.69, 9.17) is 0 Å². The van der Waals surface area contributed by atoms with Crippen molar-refractivity contribution in [3.05, 3.63) is 90.0 Å². The average molecular weight is 513 g/mol. The topological polar surface area (TPSA) is 48.5 Å². The second-order valence-corrected chi connectivity index (χ2v) is 11.9. The lowest BCUT2D eigenvalue weighted by molar-refractivity contribution is -0.112. The molecule has 38 heavy (non-hydrogen) atoms. The molecule has 1 saturated heterocycles. The largest absolute Gasteiger partial charge is 0.365 e. The van der Waals surface area contributed by atoms with Gasteiger partial charge in [-0.15, -0.1) is 0 Å². The third-order valence-electron chi connectivity index (χ3n) is 7.47. The minimum absolute atomic E-state index is 0.153. The fourth-order valence-electron chi connectivity index (χ4n) is 5.80. The molecule has 0 aliphatic carbocycles. The number of hydrogen-bond acceptors (Lipinski definition) is 4. The summed E-state index contributed by atoms with van der Waals surface area (Å²) in [5.74, 6) is 1.38. The Morgan fingerprint density at radius 3 is 2.32 bits per heavy atom. The molecule has 2 aromatic rings. The lowest BCUT2D eigenvalue weighted by Gasteiger charge is -2.51.